The first kappa shape index (κ1) is 12.1. The van der Waals surface area contributed by atoms with E-state index in [1.807, 2.05) is 18.5 Å². The number of hydrogen-bond acceptors (Lipinski definition) is 4. The molecule has 2 aromatic heterocycles. The van der Waals surface area contributed by atoms with Crippen molar-refractivity contribution < 1.29 is 0 Å². The Morgan fingerprint density at radius 1 is 1.16 bits per heavy atom. The topological polar surface area (TPSA) is 37.8 Å². The zero-order valence-corrected chi connectivity index (χ0v) is 11.6. The summed E-state index contributed by atoms with van der Waals surface area (Å²) in [5.41, 5.74) is 2.19. The Bertz CT molecular complexity index is 685. The SMILES string of the molecule is CCCNc1ncc(-c2cccc3cccnc23)s1. The predicted octanol–water partition coefficient (Wildman–Crippen LogP) is 4.18. The molecule has 96 valence electrons. The minimum atomic E-state index is 0.959. The maximum atomic E-state index is 4.49. The Labute approximate surface area is 116 Å². The van der Waals surface area contributed by atoms with Crippen LogP contribution in [-0.2, 0) is 0 Å². The molecule has 3 nitrogen and oxygen atoms in total. The molecule has 1 N–H and O–H groups in total. The molecule has 3 rings (SSSR count). The van der Waals surface area contributed by atoms with E-state index < -0.39 is 0 Å². The van der Waals surface area contributed by atoms with Gasteiger partial charge in [-0.15, -0.1) is 0 Å². The van der Waals surface area contributed by atoms with E-state index in [1.54, 1.807) is 11.3 Å². The Kier molecular flexibility index (Phi) is 3.42. The van der Waals surface area contributed by atoms with Crippen LogP contribution in [0.3, 0.4) is 0 Å². The second-order valence-electron chi connectivity index (χ2n) is 4.34. The molecule has 0 radical (unpaired) electrons. The van der Waals surface area contributed by atoms with E-state index in [0.717, 1.165) is 39.4 Å². The molecule has 3 aromatic rings. The highest BCUT2D eigenvalue weighted by atomic mass is 32.1. The fraction of sp³-hybridized carbons (Fsp3) is 0.200. The van der Waals surface area contributed by atoms with Crippen molar-refractivity contribution in [2.75, 3.05) is 11.9 Å². The third-order valence-corrected chi connectivity index (χ3v) is 3.92. The van der Waals surface area contributed by atoms with Gasteiger partial charge in [0.05, 0.1) is 10.4 Å². The zero-order chi connectivity index (χ0) is 13.1. The van der Waals surface area contributed by atoms with Gasteiger partial charge in [0.2, 0.25) is 0 Å². The highest BCUT2D eigenvalue weighted by Crippen LogP contribution is 2.32. The Morgan fingerprint density at radius 2 is 2.05 bits per heavy atom. The molecular weight excluding hydrogens is 254 g/mol. The lowest BCUT2D eigenvalue weighted by Crippen LogP contribution is -1.97. The molecule has 0 aliphatic heterocycles. The van der Waals surface area contributed by atoms with Crippen LogP contribution in [-0.4, -0.2) is 16.5 Å². The van der Waals surface area contributed by atoms with Crippen molar-refractivity contribution in [1.82, 2.24) is 9.97 Å². The van der Waals surface area contributed by atoms with Crippen LogP contribution in [0.2, 0.25) is 0 Å². The summed E-state index contributed by atoms with van der Waals surface area (Å²) in [4.78, 5) is 10.1. The summed E-state index contributed by atoms with van der Waals surface area (Å²) in [5, 5.41) is 5.46. The van der Waals surface area contributed by atoms with Crippen molar-refractivity contribution in [3.63, 3.8) is 0 Å². The molecule has 0 atom stereocenters. The summed E-state index contributed by atoms with van der Waals surface area (Å²) in [6, 6.07) is 10.3. The van der Waals surface area contributed by atoms with Gasteiger partial charge in [0.25, 0.3) is 0 Å². The Hall–Kier alpha value is -1.94. The number of benzene rings is 1. The van der Waals surface area contributed by atoms with Gasteiger partial charge in [0.1, 0.15) is 0 Å². The molecule has 0 spiro atoms. The highest BCUT2D eigenvalue weighted by molar-refractivity contribution is 7.19. The minimum Gasteiger partial charge on any atom is -0.362 e. The van der Waals surface area contributed by atoms with Crippen molar-refractivity contribution in [2.45, 2.75) is 13.3 Å². The normalized spacial score (nSPS) is 10.8. The van der Waals surface area contributed by atoms with E-state index in [4.69, 9.17) is 0 Å². The Morgan fingerprint density at radius 3 is 2.95 bits per heavy atom. The Balaban J connectivity index is 2.02. The van der Waals surface area contributed by atoms with E-state index in [0.29, 0.717) is 0 Å². The number of anilines is 1. The number of hydrogen-bond donors (Lipinski definition) is 1. The quantitative estimate of drug-likeness (QED) is 0.772. The molecule has 1 aromatic carbocycles. The van der Waals surface area contributed by atoms with Crippen molar-refractivity contribution in [3.8, 4) is 10.4 Å². The summed E-state index contributed by atoms with van der Waals surface area (Å²) in [6.45, 7) is 3.11. The summed E-state index contributed by atoms with van der Waals surface area (Å²) in [7, 11) is 0. The summed E-state index contributed by atoms with van der Waals surface area (Å²) >= 11 is 1.68. The van der Waals surface area contributed by atoms with Crippen LogP contribution >= 0.6 is 11.3 Å². The summed E-state index contributed by atoms with van der Waals surface area (Å²) in [5.74, 6) is 0. The molecule has 2 heterocycles. The maximum absolute atomic E-state index is 4.49. The number of fused-ring (bicyclic) bond motifs is 1. The molecule has 0 amide bonds. The molecule has 0 aliphatic carbocycles. The lowest BCUT2D eigenvalue weighted by atomic mass is 10.1. The first-order chi connectivity index (χ1) is 9.38. The monoisotopic (exact) mass is 269 g/mol. The maximum Gasteiger partial charge on any atom is 0.183 e. The molecule has 0 fully saturated rings. The average molecular weight is 269 g/mol. The fourth-order valence-corrected chi connectivity index (χ4v) is 2.88. The number of aromatic nitrogens is 2. The minimum absolute atomic E-state index is 0.959. The number of rotatable bonds is 4. The van der Waals surface area contributed by atoms with Gasteiger partial charge in [-0.05, 0) is 12.5 Å². The lowest BCUT2D eigenvalue weighted by Gasteiger charge is -2.02. The van der Waals surface area contributed by atoms with Gasteiger partial charge in [-0.3, -0.25) is 4.98 Å². The largest absolute Gasteiger partial charge is 0.362 e. The summed E-state index contributed by atoms with van der Waals surface area (Å²) in [6.07, 6.45) is 4.86. The molecule has 0 saturated carbocycles. The number of para-hydroxylation sites is 1. The van der Waals surface area contributed by atoms with E-state index in [-0.39, 0.29) is 0 Å². The molecule has 0 unspecified atom stereocenters. The fourth-order valence-electron chi connectivity index (χ4n) is 2.02. The van der Waals surface area contributed by atoms with Gasteiger partial charge in [0, 0.05) is 29.9 Å². The molecule has 4 heteroatoms. The first-order valence-corrected chi connectivity index (χ1v) is 7.24. The van der Waals surface area contributed by atoms with Gasteiger partial charge in [-0.2, -0.15) is 0 Å². The lowest BCUT2D eigenvalue weighted by molar-refractivity contribution is 0.976. The van der Waals surface area contributed by atoms with Crippen LogP contribution in [0.15, 0.2) is 42.7 Å². The number of nitrogens with one attached hydrogen (secondary N) is 1. The van der Waals surface area contributed by atoms with Crippen molar-refractivity contribution >= 4 is 27.4 Å². The number of pyridine rings is 1. The molecule has 0 bridgehead atoms. The van der Waals surface area contributed by atoms with Crippen LogP contribution in [0, 0.1) is 0 Å². The van der Waals surface area contributed by atoms with E-state index in [2.05, 4.69) is 46.5 Å². The molecule has 0 saturated heterocycles. The molecule has 19 heavy (non-hydrogen) atoms. The predicted molar refractivity (Wildman–Crippen MR) is 81.6 cm³/mol. The van der Waals surface area contributed by atoms with Crippen LogP contribution < -0.4 is 5.32 Å². The van der Waals surface area contributed by atoms with Crippen LogP contribution in [0.5, 0.6) is 0 Å². The number of nitrogens with zero attached hydrogens (tertiary/aromatic N) is 2. The molecular formula is C15H15N3S. The second-order valence-corrected chi connectivity index (χ2v) is 5.37. The zero-order valence-electron chi connectivity index (χ0n) is 10.8. The van der Waals surface area contributed by atoms with Gasteiger partial charge < -0.3 is 5.32 Å². The molecule has 0 aliphatic rings. The third-order valence-electron chi connectivity index (χ3n) is 2.93. The van der Waals surface area contributed by atoms with Crippen LogP contribution in [0.1, 0.15) is 13.3 Å². The van der Waals surface area contributed by atoms with E-state index in [9.17, 15) is 0 Å². The standard InChI is InChI=1S/C15H15N3S/c1-2-8-17-15-18-10-13(19-15)12-7-3-5-11-6-4-9-16-14(11)12/h3-7,9-10H,2,8H2,1H3,(H,17,18). The average Bonchev–Trinajstić information content (AvgIpc) is 2.93. The van der Waals surface area contributed by atoms with Gasteiger partial charge in [-0.25, -0.2) is 4.98 Å². The van der Waals surface area contributed by atoms with Gasteiger partial charge in [0.15, 0.2) is 5.13 Å². The third kappa shape index (κ3) is 2.44. The van der Waals surface area contributed by atoms with Gasteiger partial charge >= 0.3 is 0 Å². The smallest absolute Gasteiger partial charge is 0.183 e. The number of thiazole rings is 1. The van der Waals surface area contributed by atoms with E-state index >= 15 is 0 Å². The van der Waals surface area contributed by atoms with Crippen molar-refractivity contribution in [1.29, 1.82) is 0 Å². The van der Waals surface area contributed by atoms with Crippen molar-refractivity contribution in [3.05, 3.63) is 42.7 Å². The highest BCUT2D eigenvalue weighted by Gasteiger charge is 2.08. The van der Waals surface area contributed by atoms with Crippen molar-refractivity contribution in [2.24, 2.45) is 0 Å². The van der Waals surface area contributed by atoms with E-state index in [1.165, 1.54) is 0 Å². The van der Waals surface area contributed by atoms with Gasteiger partial charge in [-0.1, -0.05) is 42.5 Å². The van der Waals surface area contributed by atoms with Crippen LogP contribution in [0.25, 0.3) is 21.3 Å². The van der Waals surface area contributed by atoms with Crippen LogP contribution in [0.4, 0.5) is 5.13 Å². The second kappa shape index (κ2) is 5.36. The summed E-state index contributed by atoms with van der Waals surface area (Å²) < 4.78 is 0. The first-order valence-electron chi connectivity index (χ1n) is 6.42.